The van der Waals surface area contributed by atoms with Gasteiger partial charge in [-0.2, -0.15) is 0 Å². The molecule has 0 saturated carbocycles. The van der Waals surface area contributed by atoms with Gasteiger partial charge in [-0.05, 0) is 48.6 Å². The van der Waals surface area contributed by atoms with E-state index in [0.717, 1.165) is 24.0 Å². The number of nitrogens with one attached hydrogen (secondary N) is 1. The lowest BCUT2D eigenvalue weighted by Crippen LogP contribution is -2.19. The largest absolute Gasteiger partial charge is 0.493 e. The smallest absolute Gasteiger partial charge is 0.161 e. The highest BCUT2D eigenvalue weighted by molar-refractivity contribution is 8.93. The van der Waals surface area contributed by atoms with Crippen LogP contribution in [0.15, 0.2) is 12.1 Å². The molecule has 0 radical (unpaired) electrons. The summed E-state index contributed by atoms with van der Waals surface area (Å²) in [4.78, 5) is 0. The highest BCUT2D eigenvalue weighted by Gasteiger charge is 2.34. The second-order valence-corrected chi connectivity index (χ2v) is 4.97. The molecule has 2 unspecified atom stereocenters. The molecule has 3 nitrogen and oxygen atoms in total. The summed E-state index contributed by atoms with van der Waals surface area (Å²) in [7, 11) is 3.41. The maximum atomic E-state index is 5.41. The number of hydrogen-bond donors (Lipinski definition) is 1. The number of hydrogen-bond acceptors (Lipinski definition) is 3. The van der Waals surface area contributed by atoms with Crippen LogP contribution in [-0.4, -0.2) is 27.3 Å². The molecule has 1 N–H and O–H groups in total. The highest BCUT2D eigenvalue weighted by atomic mass is 79.9. The van der Waals surface area contributed by atoms with E-state index >= 15 is 0 Å². The van der Waals surface area contributed by atoms with Gasteiger partial charge in [0.1, 0.15) is 0 Å². The average molecular weight is 314 g/mol. The number of rotatable bonds is 2. The summed E-state index contributed by atoms with van der Waals surface area (Å²) < 4.78 is 10.8. The summed E-state index contributed by atoms with van der Waals surface area (Å²) in [6.45, 7) is 2.27. The Hall–Kier alpha value is -0.740. The predicted molar refractivity (Wildman–Crippen MR) is 77.3 cm³/mol. The van der Waals surface area contributed by atoms with Gasteiger partial charge in [0.05, 0.1) is 14.2 Å². The van der Waals surface area contributed by atoms with Crippen LogP contribution in [0.25, 0.3) is 0 Å². The average Bonchev–Trinajstić information content (AvgIpc) is 2.85. The normalized spacial score (nSPS) is 24.8. The van der Waals surface area contributed by atoms with Gasteiger partial charge < -0.3 is 14.8 Å². The van der Waals surface area contributed by atoms with Gasteiger partial charge in [-0.1, -0.05) is 0 Å². The summed E-state index contributed by atoms with van der Waals surface area (Å²) in [5.74, 6) is 3.19. The highest BCUT2D eigenvalue weighted by Crippen LogP contribution is 2.42. The van der Waals surface area contributed by atoms with Gasteiger partial charge in [-0.15, -0.1) is 17.0 Å². The van der Waals surface area contributed by atoms with Gasteiger partial charge in [-0.3, -0.25) is 0 Å². The molecule has 1 aliphatic heterocycles. The first-order valence-electron chi connectivity index (χ1n) is 6.29. The molecule has 0 bridgehead atoms. The molecule has 2 aliphatic rings. The summed E-state index contributed by atoms with van der Waals surface area (Å²) in [5, 5.41) is 3.50. The summed E-state index contributed by atoms with van der Waals surface area (Å²) in [6, 6.07) is 4.33. The van der Waals surface area contributed by atoms with Gasteiger partial charge in [0, 0.05) is 12.5 Å². The Bertz CT molecular complexity index is 436. The van der Waals surface area contributed by atoms with Crippen molar-refractivity contribution in [2.24, 2.45) is 5.92 Å². The Balaban J connectivity index is 0.00000120. The lowest BCUT2D eigenvalue weighted by atomic mass is 9.77. The molecule has 1 saturated heterocycles. The second-order valence-electron chi connectivity index (χ2n) is 4.97. The molecule has 4 heteroatoms. The van der Waals surface area contributed by atoms with Crippen LogP contribution >= 0.6 is 17.0 Å². The number of fused-ring (bicyclic) bond motifs is 3. The Kier molecular flexibility index (Phi) is 4.17. The molecule has 1 aromatic carbocycles. The fraction of sp³-hybridized carbons (Fsp3) is 0.571. The van der Waals surface area contributed by atoms with Crippen LogP contribution in [0.4, 0.5) is 0 Å². The minimum Gasteiger partial charge on any atom is -0.493 e. The van der Waals surface area contributed by atoms with Crippen LogP contribution in [-0.2, 0) is 6.42 Å². The Morgan fingerprint density at radius 3 is 2.56 bits per heavy atom. The molecule has 1 heterocycles. The molecule has 18 heavy (non-hydrogen) atoms. The predicted octanol–water partition coefficient (Wildman–Crippen LogP) is 2.53. The third-order valence-electron chi connectivity index (χ3n) is 4.17. The Morgan fingerprint density at radius 1 is 1.11 bits per heavy atom. The van der Waals surface area contributed by atoms with Crippen LogP contribution < -0.4 is 14.8 Å². The van der Waals surface area contributed by atoms with E-state index in [2.05, 4.69) is 17.4 Å². The molecule has 2 atom stereocenters. The van der Waals surface area contributed by atoms with Crippen molar-refractivity contribution in [2.45, 2.75) is 18.8 Å². The van der Waals surface area contributed by atoms with Crippen molar-refractivity contribution in [2.75, 3.05) is 27.3 Å². The van der Waals surface area contributed by atoms with E-state index in [1.807, 2.05) is 0 Å². The van der Waals surface area contributed by atoms with E-state index in [1.54, 1.807) is 14.2 Å². The van der Waals surface area contributed by atoms with E-state index in [4.69, 9.17) is 9.47 Å². The molecule has 0 aromatic heterocycles. The number of benzene rings is 1. The SMILES string of the molecule is Br.COc1cc2c(cc1OC)C1CNCC1CC2. The fourth-order valence-electron chi connectivity index (χ4n) is 3.24. The van der Waals surface area contributed by atoms with Crippen molar-refractivity contribution in [1.29, 1.82) is 0 Å². The van der Waals surface area contributed by atoms with Gasteiger partial charge in [0.15, 0.2) is 11.5 Å². The standard InChI is InChI=1S/C14H19NO2.BrH/c1-16-13-5-9-3-4-10-7-15-8-12(10)11(9)6-14(13)17-2;/h5-6,10,12,15H,3-4,7-8H2,1-2H3;1H. The van der Waals surface area contributed by atoms with Crippen molar-refractivity contribution in [1.82, 2.24) is 5.32 Å². The van der Waals surface area contributed by atoms with Crippen LogP contribution in [0.2, 0.25) is 0 Å². The minimum absolute atomic E-state index is 0. The number of aryl methyl sites for hydroxylation is 1. The third kappa shape index (κ3) is 2.12. The number of ether oxygens (including phenoxy) is 2. The zero-order chi connectivity index (χ0) is 11.8. The van der Waals surface area contributed by atoms with Crippen molar-refractivity contribution < 1.29 is 9.47 Å². The zero-order valence-electron chi connectivity index (χ0n) is 10.9. The quantitative estimate of drug-likeness (QED) is 0.910. The molecule has 1 aromatic rings. The molecule has 1 fully saturated rings. The van der Waals surface area contributed by atoms with E-state index in [-0.39, 0.29) is 17.0 Å². The molecule has 0 spiro atoms. The van der Waals surface area contributed by atoms with Crippen LogP contribution in [0.1, 0.15) is 23.5 Å². The monoisotopic (exact) mass is 313 g/mol. The zero-order valence-corrected chi connectivity index (χ0v) is 12.6. The molecule has 3 rings (SSSR count). The van der Waals surface area contributed by atoms with Gasteiger partial charge in [0.25, 0.3) is 0 Å². The second kappa shape index (κ2) is 5.49. The summed E-state index contributed by atoms with van der Waals surface area (Å²) >= 11 is 0. The summed E-state index contributed by atoms with van der Waals surface area (Å²) in [5.41, 5.74) is 2.90. The van der Waals surface area contributed by atoms with Crippen molar-refractivity contribution in [3.63, 3.8) is 0 Å². The van der Waals surface area contributed by atoms with E-state index in [9.17, 15) is 0 Å². The van der Waals surface area contributed by atoms with Crippen LogP contribution in [0, 0.1) is 5.92 Å². The molecular weight excluding hydrogens is 294 g/mol. The van der Waals surface area contributed by atoms with Crippen LogP contribution in [0.3, 0.4) is 0 Å². The van der Waals surface area contributed by atoms with E-state index in [0.29, 0.717) is 5.92 Å². The number of methoxy groups -OCH3 is 2. The number of halogens is 1. The Labute approximate surface area is 119 Å². The molecular formula is C14H20BrNO2. The maximum Gasteiger partial charge on any atom is 0.161 e. The lowest BCUT2D eigenvalue weighted by Gasteiger charge is -2.28. The van der Waals surface area contributed by atoms with Gasteiger partial charge >= 0.3 is 0 Å². The van der Waals surface area contributed by atoms with Gasteiger partial charge in [-0.25, -0.2) is 0 Å². The maximum absolute atomic E-state index is 5.41. The fourth-order valence-corrected chi connectivity index (χ4v) is 3.24. The van der Waals surface area contributed by atoms with Gasteiger partial charge in [0.2, 0.25) is 0 Å². The van der Waals surface area contributed by atoms with Crippen molar-refractivity contribution >= 4 is 17.0 Å². The first kappa shape index (κ1) is 13.7. The lowest BCUT2D eigenvalue weighted by molar-refractivity contribution is 0.351. The van der Waals surface area contributed by atoms with Crippen molar-refractivity contribution in [3.05, 3.63) is 23.3 Å². The van der Waals surface area contributed by atoms with E-state index < -0.39 is 0 Å². The van der Waals surface area contributed by atoms with Crippen LogP contribution in [0.5, 0.6) is 11.5 Å². The van der Waals surface area contributed by atoms with E-state index in [1.165, 1.54) is 30.5 Å². The minimum atomic E-state index is 0. The molecule has 0 amide bonds. The Morgan fingerprint density at radius 2 is 1.83 bits per heavy atom. The topological polar surface area (TPSA) is 30.5 Å². The first-order chi connectivity index (χ1) is 8.33. The first-order valence-corrected chi connectivity index (χ1v) is 6.29. The summed E-state index contributed by atoms with van der Waals surface area (Å²) in [6.07, 6.45) is 2.46. The molecule has 1 aliphatic carbocycles. The molecule has 100 valence electrons. The third-order valence-corrected chi connectivity index (χ3v) is 4.17. The van der Waals surface area contributed by atoms with Crippen molar-refractivity contribution in [3.8, 4) is 11.5 Å².